The molecule has 170 valence electrons. The average molecular weight is 460 g/mol. The van der Waals surface area contributed by atoms with Crippen LogP contribution in [0.4, 0.5) is 10.5 Å². The number of hydrogen-bond donors (Lipinski definition) is 1. The number of anilines is 1. The summed E-state index contributed by atoms with van der Waals surface area (Å²) >= 11 is 6.69. The molecular formula is C22H26ClN5O4. The van der Waals surface area contributed by atoms with Gasteiger partial charge in [-0.05, 0) is 30.5 Å². The minimum atomic E-state index is -1.15. The number of aromatic nitrogens is 2. The van der Waals surface area contributed by atoms with Crippen LogP contribution in [-0.4, -0.2) is 88.2 Å². The molecule has 1 aromatic heterocycles. The molecule has 2 aromatic rings. The fraction of sp³-hybridized carbons (Fsp3) is 0.500. The lowest BCUT2D eigenvalue weighted by molar-refractivity contribution is 0.0689. The molecule has 9 nitrogen and oxygen atoms in total. The molecule has 2 atom stereocenters. The highest BCUT2D eigenvalue weighted by atomic mass is 35.5. The number of carbonyl (C=O) groups excluding carboxylic acids is 1. The van der Waals surface area contributed by atoms with E-state index in [9.17, 15) is 9.59 Å². The fourth-order valence-corrected chi connectivity index (χ4v) is 5.29. The Kier molecular flexibility index (Phi) is 5.79. The number of ether oxygens (including phenoxy) is 1. The lowest BCUT2D eigenvalue weighted by atomic mass is 10.1. The highest BCUT2D eigenvalue weighted by Crippen LogP contribution is 2.40. The minimum absolute atomic E-state index is 0.137. The predicted octanol–water partition coefficient (Wildman–Crippen LogP) is 2.39. The van der Waals surface area contributed by atoms with Gasteiger partial charge in [-0.3, -0.25) is 4.90 Å². The summed E-state index contributed by atoms with van der Waals surface area (Å²) in [6, 6.07) is 7.90. The van der Waals surface area contributed by atoms with Crippen molar-refractivity contribution in [2.24, 2.45) is 0 Å². The van der Waals surface area contributed by atoms with E-state index in [2.05, 4.69) is 21.0 Å². The van der Waals surface area contributed by atoms with E-state index in [4.69, 9.17) is 21.4 Å². The number of carboxylic acid groups (broad SMARTS) is 1. The number of para-hydroxylation sites is 1. The molecule has 32 heavy (non-hydrogen) atoms. The molecule has 2 unspecified atom stereocenters. The third kappa shape index (κ3) is 3.96. The van der Waals surface area contributed by atoms with Gasteiger partial charge < -0.3 is 19.6 Å². The molecule has 3 aliphatic heterocycles. The normalized spacial score (nSPS) is 23.5. The summed E-state index contributed by atoms with van der Waals surface area (Å²) in [5.41, 5.74) is 2.19. The highest BCUT2D eigenvalue weighted by molar-refractivity contribution is 6.33. The first-order valence-corrected chi connectivity index (χ1v) is 11.3. The Labute approximate surface area is 191 Å². The van der Waals surface area contributed by atoms with E-state index in [1.54, 1.807) is 4.90 Å². The predicted molar refractivity (Wildman–Crippen MR) is 118 cm³/mol. The van der Waals surface area contributed by atoms with Crippen molar-refractivity contribution in [2.75, 3.05) is 44.3 Å². The summed E-state index contributed by atoms with van der Waals surface area (Å²) in [6.45, 7) is 4.82. The molecule has 5 rings (SSSR count). The second-order valence-corrected chi connectivity index (χ2v) is 8.98. The number of piperazine rings is 1. The maximum atomic E-state index is 12.7. The van der Waals surface area contributed by atoms with Gasteiger partial charge in [-0.1, -0.05) is 23.7 Å². The summed E-state index contributed by atoms with van der Waals surface area (Å²) in [6.07, 6.45) is 3.66. The maximum Gasteiger partial charge on any atom is 0.356 e. The zero-order valence-electron chi connectivity index (χ0n) is 17.7. The highest BCUT2D eigenvalue weighted by Gasteiger charge is 2.39. The first-order valence-electron chi connectivity index (χ1n) is 11.0. The second kappa shape index (κ2) is 8.73. The number of halogens is 1. The van der Waals surface area contributed by atoms with Crippen molar-refractivity contribution >= 4 is 29.3 Å². The molecule has 3 fully saturated rings. The number of amides is 1. The van der Waals surface area contributed by atoms with Crippen molar-refractivity contribution in [1.82, 2.24) is 19.6 Å². The number of carboxylic acids is 1. The van der Waals surface area contributed by atoms with Crippen LogP contribution < -0.4 is 4.90 Å². The standard InChI is InChI=1S/C22H26ClN5O4/c23-18-3-1-2-15(20(18)28-16-4-5-17(28)14-32-13-16)12-25-8-10-26(11-9-25)22(31)27-7-6-19(24-27)21(29)30/h1-3,6-7,16-17H,4-5,8-14H2,(H,29,30). The summed E-state index contributed by atoms with van der Waals surface area (Å²) < 4.78 is 6.85. The Morgan fingerprint density at radius 3 is 2.47 bits per heavy atom. The molecule has 1 amide bonds. The molecule has 3 aliphatic rings. The monoisotopic (exact) mass is 459 g/mol. The number of hydrogen-bond acceptors (Lipinski definition) is 6. The van der Waals surface area contributed by atoms with Crippen molar-refractivity contribution in [3.8, 4) is 0 Å². The summed E-state index contributed by atoms with van der Waals surface area (Å²) in [5, 5.41) is 13.6. The van der Waals surface area contributed by atoms with Crippen LogP contribution in [0.25, 0.3) is 0 Å². The molecule has 0 aliphatic carbocycles. The Morgan fingerprint density at radius 2 is 1.81 bits per heavy atom. The van der Waals surface area contributed by atoms with Crippen molar-refractivity contribution < 1.29 is 19.4 Å². The van der Waals surface area contributed by atoms with Crippen LogP contribution in [0.2, 0.25) is 5.02 Å². The molecule has 0 spiro atoms. The van der Waals surface area contributed by atoms with Crippen molar-refractivity contribution in [1.29, 1.82) is 0 Å². The van der Waals surface area contributed by atoms with Crippen LogP contribution in [0.5, 0.6) is 0 Å². The van der Waals surface area contributed by atoms with Crippen LogP contribution in [0, 0.1) is 0 Å². The molecule has 3 saturated heterocycles. The van der Waals surface area contributed by atoms with E-state index in [-0.39, 0.29) is 11.7 Å². The quantitative estimate of drug-likeness (QED) is 0.750. The number of fused-ring (bicyclic) bond motifs is 2. The number of nitrogens with zero attached hydrogens (tertiary/aromatic N) is 5. The van der Waals surface area contributed by atoms with Crippen LogP contribution >= 0.6 is 11.6 Å². The molecular weight excluding hydrogens is 434 g/mol. The smallest absolute Gasteiger partial charge is 0.356 e. The van der Waals surface area contributed by atoms with Gasteiger partial charge in [0.1, 0.15) is 0 Å². The lowest BCUT2D eigenvalue weighted by Gasteiger charge is -2.39. The van der Waals surface area contributed by atoms with E-state index in [1.165, 1.54) is 17.8 Å². The third-order valence-corrected chi connectivity index (χ3v) is 6.91. The van der Waals surface area contributed by atoms with Crippen LogP contribution in [0.15, 0.2) is 30.5 Å². The van der Waals surface area contributed by atoms with E-state index in [1.807, 2.05) is 12.1 Å². The van der Waals surface area contributed by atoms with Crippen molar-refractivity contribution in [3.63, 3.8) is 0 Å². The zero-order valence-corrected chi connectivity index (χ0v) is 18.4. The van der Waals surface area contributed by atoms with Gasteiger partial charge in [0, 0.05) is 38.9 Å². The average Bonchev–Trinajstić information content (AvgIpc) is 3.36. The van der Waals surface area contributed by atoms with Crippen molar-refractivity contribution in [2.45, 2.75) is 31.5 Å². The Morgan fingerprint density at radius 1 is 1.09 bits per heavy atom. The van der Waals surface area contributed by atoms with Gasteiger partial charge in [-0.25, -0.2) is 9.59 Å². The molecule has 0 saturated carbocycles. The third-order valence-electron chi connectivity index (χ3n) is 6.61. The maximum absolute atomic E-state index is 12.7. The number of morpholine rings is 1. The fourth-order valence-electron chi connectivity index (χ4n) is 5.00. The lowest BCUT2D eigenvalue weighted by Crippen LogP contribution is -2.50. The zero-order chi connectivity index (χ0) is 22.2. The van der Waals surface area contributed by atoms with Gasteiger partial charge >= 0.3 is 12.0 Å². The number of aromatic carboxylic acids is 1. The van der Waals surface area contributed by atoms with E-state index in [0.29, 0.717) is 25.2 Å². The number of rotatable bonds is 4. The second-order valence-electron chi connectivity index (χ2n) is 8.57. The summed E-state index contributed by atoms with van der Waals surface area (Å²) in [4.78, 5) is 30.2. The van der Waals surface area contributed by atoms with Gasteiger partial charge in [-0.15, -0.1) is 0 Å². The summed E-state index contributed by atoms with van der Waals surface area (Å²) in [7, 11) is 0. The summed E-state index contributed by atoms with van der Waals surface area (Å²) in [5.74, 6) is -1.15. The van der Waals surface area contributed by atoms with Gasteiger partial charge in [0.15, 0.2) is 5.69 Å². The molecule has 2 bridgehead atoms. The molecule has 1 N–H and O–H groups in total. The minimum Gasteiger partial charge on any atom is -0.476 e. The topological polar surface area (TPSA) is 91.1 Å². The number of carbonyl (C=O) groups is 2. The Balaban J connectivity index is 1.25. The largest absolute Gasteiger partial charge is 0.476 e. The van der Waals surface area contributed by atoms with Gasteiger partial charge in [0.2, 0.25) is 0 Å². The molecule has 1 aromatic carbocycles. The van der Waals surface area contributed by atoms with Crippen molar-refractivity contribution in [3.05, 3.63) is 46.7 Å². The molecule has 10 heteroatoms. The SMILES string of the molecule is O=C(O)c1ccn(C(=O)N2CCN(Cc3cccc(Cl)c3N3C4CCC3COC4)CC2)n1. The van der Waals surface area contributed by atoms with Gasteiger partial charge in [-0.2, -0.15) is 9.78 Å². The molecule has 4 heterocycles. The molecule has 0 radical (unpaired) electrons. The first-order chi connectivity index (χ1) is 15.5. The van der Waals surface area contributed by atoms with Crippen LogP contribution in [-0.2, 0) is 11.3 Å². The number of benzene rings is 1. The van der Waals surface area contributed by atoms with Gasteiger partial charge in [0.05, 0.1) is 36.0 Å². The van der Waals surface area contributed by atoms with Crippen LogP contribution in [0.1, 0.15) is 28.9 Å². The van der Waals surface area contributed by atoms with Crippen LogP contribution in [0.3, 0.4) is 0 Å². The Hall–Kier alpha value is -2.62. The van der Waals surface area contributed by atoms with E-state index in [0.717, 1.165) is 61.1 Å². The van der Waals surface area contributed by atoms with Gasteiger partial charge in [0.25, 0.3) is 0 Å². The van der Waals surface area contributed by atoms with E-state index < -0.39 is 5.97 Å². The van der Waals surface area contributed by atoms with E-state index >= 15 is 0 Å². The Bertz CT molecular complexity index is 1000. The first kappa shape index (κ1) is 21.2.